The van der Waals surface area contributed by atoms with Gasteiger partial charge in [-0.05, 0) is 12.1 Å². The summed E-state index contributed by atoms with van der Waals surface area (Å²) in [6.07, 6.45) is 0. The van der Waals surface area contributed by atoms with Crippen LogP contribution in [0.15, 0.2) is 24.3 Å². The number of benzene rings is 1. The number of aromatic nitrogens is 1. The SMILES string of the molecule is Cn1c(CO)c(F)c2ccccc21. The molecular formula is C10H10FNO. The van der Waals surface area contributed by atoms with Gasteiger partial charge in [0.2, 0.25) is 0 Å². The standard InChI is InChI=1S/C10H10FNO/c1-12-8-5-3-2-4-7(8)10(11)9(12)6-13/h2-5,13H,6H2,1H3. The van der Waals surface area contributed by atoms with Gasteiger partial charge < -0.3 is 9.67 Å². The van der Waals surface area contributed by atoms with Gasteiger partial charge in [0, 0.05) is 12.4 Å². The average Bonchev–Trinajstić information content (AvgIpc) is 2.41. The maximum Gasteiger partial charge on any atom is 0.154 e. The van der Waals surface area contributed by atoms with Gasteiger partial charge in [-0.1, -0.05) is 12.1 Å². The second-order valence-electron chi connectivity index (χ2n) is 2.99. The van der Waals surface area contributed by atoms with Crippen LogP contribution in [-0.4, -0.2) is 9.67 Å². The Morgan fingerprint density at radius 1 is 1.38 bits per heavy atom. The van der Waals surface area contributed by atoms with Crippen LogP contribution in [0.1, 0.15) is 5.69 Å². The molecule has 1 aromatic heterocycles. The van der Waals surface area contributed by atoms with E-state index in [-0.39, 0.29) is 12.4 Å². The first kappa shape index (κ1) is 8.26. The number of aliphatic hydroxyl groups is 1. The van der Waals surface area contributed by atoms with Gasteiger partial charge in [0.15, 0.2) is 5.82 Å². The van der Waals surface area contributed by atoms with Gasteiger partial charge in [0.1, 0.15) is 0 Å². The Hall–Kier alpha value is -1.35. The summed E-state index contributed by atoms with van der Waals surface area (Å²) in [6, 6.07) is 7.18. The minimum absolute atomic E-state index is 0.267. The molecule has 0 unspecified atom stereocenters. The molecule has 13 heavy (non-hydrogen) atoms. The molecular weight excluding hydrogens is 169 g/mol. The first-order valence-electron chi connectivity index (χ1n) is 4.08. The molecule has 1 aromatic carbocycles. The van der Waals surface area contributed by atoms with Crippen molar-refractivity contribution in [3.63, 3.8) is 0 Å². The van der Waals surface area contributed by atoms with E-state index in [0.717, 1.165) is 5.52 Å². The highest BCUT2D eigenvalue weighted by atomic mass is 19.1. The van der Waals surface area contributed by atoms with E-state index in [1.54, 1.807) is 23.7 Å². The van der Waals surface area contributed by atoms with E-state index in [9.17, 15) is 4.39 Å². The normalized spacial score (nSPS) is 11.0. The molecule has 0 atom stereocenters. The van der Waals surface area contributed by atoms with Crippen molar-refractivity contribution in [1.29, 1.82) is 0 Å². The fourth-order valence-electron chi connectivity index (χ4n) is 1.58. The Labute approximate surface area is 75.2 Å². The molecule has 0 bridgehead atoms. The van der Waals surface area contributed by atoms with Gasteiger partial charge >= 0.3 is 0 Å². The van der Waals surface area contributed by atoms with Crippen LogP contribution in [0.3, 0.4) is 0 Å². The molecule has 0 spiro atoms. The lowest BCUT2D eigenvalue weighted by Crippen LogP contribution is -1.96. The quantitative estimate of drug-likeness (QED) is 0.709. The molecule has 2 aromatic rings. The number of aryl methyl sites for hydroxylation is 1. The van der Waals surface area contributed by atoms with E-state index in [1.165, 1.54) is 0 Å². The molecule has 0 aliphatic heterocycles. The van der Waals surface area contributed by atoms with E-state index in [0.29, 0.717) is 11.1 Å². The average molecular weight is 179 g/mol. The van der Waals surface area contributed by atoms with Gasteiger partial charge in [-0.15, -0.1) is 0 Å². The lowest BCUT2D eigenvalue weighted by Gasteiger charge is -1.98. The van der Waals surface area contributed by atoms with Crippen molar-refractivity contribution in [3.8, 4) is 0 Å². The summed E-state index contributed by atoms with van der Waals surface area (Å²) in [7, 11) is 1.75. The lowest BCUT2D eigenvalue weighted by molar-refractivity contribution is 0.267. The topological polar surface area (TPSA) is 25.2 Å². The van der Waals surface area contributed by atoms with Crippen LogP contribution in [0.25, 0.3) is 10.9 Å². The van der Waals surface area contributed by atoms with Crippen molar-refractivity contribution < 1.29 is 9.50 Å². The number of fused-ring (bicyclic) bond motifs is 1. The summed E-state index contributed by atoms with van der Waals surface area (Å²) in [5.74, 6) is -0.319. The fraction of sp³-hybridized carbons (Fsp3) is 0.200. The maximum atomic E-state index is 13.5. The minimum Gasteiger partial charge on any atom is -0.390 e. The Morgan fingerprint density at radius 2 is 2.08 bits per heavy atom. The summed E-state index contributed by atoms with van der Waals surface area (Å²) in [5, 5.41) is 9.50. The van der Waals surface area contributed by atoms with E-state index >= 15 is 0 Å². The molecule has 0 fully saturated rings. The highest BCUT2D eigenvalue weighted by Gasteiger charge is 2.12. The third-order valence-corrected chi connectivity index (χ3v) is 2.31. The Kier molecular flexibility index (Phi) is 1.81. The Balaban J connectivity index is 2.88. The largest absolute Gasteiger partial charge is 0.390 e. The molecule has 0 saturated heterocycles. The molecule has 0 saturated carbocycles. The first-order valence-corrected chi connectivity index (χ1v) is 4.08. The van der Waals surface area contributed by atoms with Crippen molar-refractivity contribution in [2.24, 2.45) is 7.05 Å². The number of aliphatic hydroxyl groups excluding tert-OH is 1. The van der Waals surface area contributed by atoms with Gasteiger partial charge in [-0.2, -0.15) is 0 Å². The number of halogens is 1. The number of nitrogens with zero attached hydrogens (tertiary/aromatic N) is 1. The summed E-state index contributed by atoms with van der Waals surface area (Å²) < 4.78 is 15.2. The van der Waals surface area contributed by atoms with Crippen LogP contribution in [0.4, 0.5) is 4.39 Å². The molecule has 1 N–H and O–H groups in total. The number of para-hydroxylation sites is 1. The van der Waals surface area contributed by atoms with Crippen LogP contribution >= 0.6 is 0 Å². The van der Waals surface area contributed by atoms with Gasteiger partial charge in [0.05, 0.1) is 17.8 Å². The van der Waals surface area contributed by atoms with Crippen molar-refractivity contribution in [3.05, 3.63) is 35.8 Å². The molecule has 0 amide bonds. The molecule has 2 rings (SSSR count). The second kappa shape index (κ2) is 2.85. The van der Waals surface area contributed by atoms with E-state index < -0.39 is 0 Å². The zero-order chi connectivity index (χ0) is 9.42. The molecule has 0 radical (unpaired) electrons. The zero-order valence-electron chi connectivity index (χ0n) is 7.29. The van der Waals surface area contributed by atoms with Crippen LogP contribution < -0.4 is 0 Å². The number of hydrogen-bond donors (Lipinski definition) is 1. The zero-order valence-corrected chi connectivity index (χ0v) is 7.29. The third kappa shape index (κ3) is 1.04. The molecule has 1 heterocycles. The summed E-state index contributed by atoms with van der Waals surface area (Å²) >= 11 is 0. The third-order valence-electron chi connectivity index (χ3n) is 2.31. The lowest BCUT2D eigenvalue weighted by atomic mass is 10.2. The molecule has 0 aliphatic rings. The van der Waals surface area contributed by atoms with E-state index in [4.69, 9.17) is 5.11 Å². The summed E-state index contributed by atoms with van der Waals surface area (Å²) in [4.78, 5) is 0. The highest BCUT2D eigenvalue weighted by molar-refractivity contribution is 5.81. The van der Waals surface area contributed by atoms with Crippen LogP contribution in [0, 0.1) is 5.82 Å². The second-order valence-corrected chi connectivity index (χ2v) is 2.99. The predicted octanol–water partition coefficient (Wildman–Crippen LogP) is 1.81. The van der Waals surface area contributed by atoms with E-state index in [2.05, 4.69) is 0 Å². The van der Waals surface area contributed by atoms with Crippen LogP contribution in [-0.2, 0) is 13.7 Å². The molecule has 3 heteroatoms. The number of rotatable bonds is 1. The highest BCUT2D eigenvalue weighted by Crippen LogP contribution is 2.23. The van der Waals surface area contributed by atoms with E-state index in [1.807, 2.05) is 12.1 Å². The Bertz CT molecular complexity index is 408. The van der Waals surface area contributed by atoms with Gasteiger partial charge in [0.25, 0.3) is 0 Å². The number of hydrogen-bond acceptors (Lipinski definition) is 1. The smallest absolute Gasteiger partial charge is 0.154 e. The maximum absolute atomic E-state index is 13.5. The van der Waals surface area contributed by atoms with Gasteiger partial charge in [-0.3, -0.25) is 0 Å². The molecule has 2 nitrogen and oxygen atoms in total. The van der Waals surface area contributed by atoms with Crippen molar-refractivity contribution in [1.82, 2.24) is 4.57 Å². The van der Waals surface area contributed by atoms with Crippen molar-refractivity contribution in [2.75, 3.05) is 0 Å². The van der Waals surface area contributed by atoms with Crippen molar-refractivity contribution >= 4 is 10.9 Å². The minimum atomic E-state index is -0.319. The summed E-state index contributed by atoms with van der Waals surface area (Å²) in [6.45, 7) is -0.267. The van der Waals surface area contributed by atoms with Crippen molar-refractivity contribution in [2.45, 2.75) is 6.61 Å². The monoisotopic (exact) mass is 179 g/mol. The Morgan fingerprint density at radius 3 is 2.69 bits per heavy atom. The van der Waals surface area contributed by atoms with Gasteiger partial charge in [-0.25, -0.2) is 4.39 Å². The fourth-order valence-corrected chi connectivity index (χ4v) is 1.58. The van der Waals surface area contributed by atoms with Crippen LogP contribution in [0.2, 0.25) is 0 Å². The molecule has 68 valence electrons. The van der Waals surface area contributed by atoms with Crippen LogP contribution in [0.5, 0.6) is 0 Å². The molecule has 0 aliphatic carbocycles. The predicted molar refractivity (Wildman–Crippen MR) is 48.8 cm³/mol. The first-order chi connectivity index (χ1) is 6.25. The summed E-state index contributed by atoms with van der Waals surface area (Å²) in [5.41, 5.74) is 1.14.